The number of rotatable bonds is 6. The van der Waals surface area contributed by atoms with Crippen LogP contribution in [0.4, 0.5) is 15.8 Å². The number of anilines is 2. The average Bonchev–Trinajstić information content (AvgIpc) is 3.35. The van der Waals surface area contributed by atoms with E-state index < -0.39 is 0 Å². The number of hydrogen-bond acceptors (Lipinski definition) is 7. The van der Waals surface area contributed by atoms with E-state index in [4.69, 9.17) is 4.98 Å². The van der Waals surface area contributed by atoms with E-state index in [0.29, 0.717) is 0 Å². The summed E-state index contributed by atoms with van der Waals surface area (Å²) in [7, 11) is 1.50. The molecule has 1 saturated heterocycles. The van der Waals surface area contributed by atoms with E-state index in [0.717, 1.165) is 34.5 Å². The summed E-state index contributed by atoms with van der Waals surface area (Å²) in [4.78, 5) is 10.4. The lowest BCUT2D eigenvalue weighted by atomic mass is 10.0. The van der Waals surface area contributed by atoms with Crippen LogP contribution in [-0.4, -0.2) is 29.3 Å². The second-order valence-corrected chi connectivity index (χ2v) is 11.8. The SMILES string of the molecule is C/C=C(\C)F.CCCC.CN.Cc1ccc(NSc2ccc(N3CCCCCS3)cc2)cc1-c1ccc2ncccc2n1. The molecule has 2 aromatic carbocycles. The second-order valence-electron chi connectivity index (χ2n) is 9.84. The largest absolute Gasteiger partial charge is 0.333 e. The number of nitrogens with one attached hydrogen (secondary N) is 1. The van der Waals surface area contributed by atoms with Gasteiger partial charge in [0, 0.05) is 40.3 Å². The zero-order chi connectivity index (χ0) is 31.5. The normalized spacial score (nSPS) is 12.9. The second kappa shape index (κ2) is 20.8. The zero-order valence-electron chi connectivity index (χ0n) is 26.6. The van der Waals surface area contributed by atoms with Crippen LogP contribution in [0, 0.1) is 6.92 Å². The van der Waals surface area contributed by atoms with Crippen molar-refractivity contribution >= 4 is 46.3 Å². The highest BCUT2D eigenvalue weighted by molar-refractivity contribution is 8.00. The van der Waals surface area contributed by atoms with Crippen LogP contribution in [0.2, 0.25) is 0 Å². The van der Waals surface area contributed by atoms with Crippen molar-refractivity contribution in [2.75, 3.05) is 28.4 Å². The average molecular weight is 622 g/mol. The third kappa shape index (κ3) is 12.6. The van der Waals surface area contributed by atoms with Gasteiger partial charge in [0.2, 0.25) is 0 Å². The Labute approximate surface area is 267 Å². The van der Waals surface area contributed by atoms with Crippen molar-refractivity contribution in [3.8, 4) is 11.3 Å². The summed E-state index contributed by atoms with van der Waals surface area (Å²) in [5.74, 6) is 1.10. The molecule has 8 heteroatoms. The van der Waals surface area contributed by atoms with Crippen LogP contribution in [0.15, 0.2) is 89.7 Å². The van der Waals surface area contributed by atoms with Gasteiger partial charge >= 0.3 is 0 Å². The molecule has 232 valence electrons. The van der Waals surface area contributed by atoms with Crippen molar-refractivity contribution in [2.45, 2.75) is 71.6 Å². The first-order valence-corrected chi connectivity index (χ1v) is 16.8. The van der Waals surface area contributed by atoms with Gasteiger partial charge in [0.05, 0.1) is 22.6 Å². The van der Waals surface area contributed by atoms with E-state index in [2.05, 4.69) is 83.0 Å². The Morgan fingerprint density at radius 1 is 1.00 bits per heavy atom. The first kappa shape index (κ1) is 36.1. The van der Waals surface area contributed by atoms with E-state index in [-0.39, 0.29) is 5.83 Å². The summed E-state index contributed by atoms with van der Waals surface area (Å²) in [6.45, 7) is 10.7. The minimum absolute atomic E-state index is 0.120. The maximum absolute atomic E-state index is 11.3. The zero-order valence-corrected chi connectivity index (χ0v) is 28.2. The number of pyridine rings is 2. The van der Waals surface area contributed by atoms with Crippen LogP contribution in [-0.2, 0) is 0 Å². The van der Waals surface area contributed by atoms with Crippen molar-refractivity contribution in [3.63, 3.8) is 0 Å². The summed E-state index contributed by atoms with van der Waals surface area (Å²) in [6.07, 6.45) is 9.80. The van der Waals surface area contributed by atoms with Gasteiger partial charge in [-0.1, -0.05) is 45.3 Å². The number of fused-ring (bicyclic) bond motifs is 1. The van der Waals surface area contributed by atoms with Gasteiger partial charge in [-0.2, -0.15) is 0 Å². The molecule has 0 unspecified atom stereocenters. The maximum atomic E-state index is 11.3. The fraction of sp³-hybridized carbons (Fsp3) is 0.371. The van der Waals surface area contributed by atoms with E-state index in [1.165, 1.54) is 74.1 Å². The number of halogens is 1. The summed E-state index contributed by atoms with van der Waals surface area (Å²) < 4.78 is 17.2. The van der Waals surface area contributed by atoms with Crippen LogP contribution in [0.1, 0.15) is 65.4 Å². The van der Waals surface area contributed by atoms with Gasteiger partial charge in [-0.05, 0) is 131 Å². The molecule has 4 aromatic rings. The third-order valence-electron chi connectivity index (χ3n) is 6.53. The number of unbranched alkanes of at least 4 members (excludes halogenated alkanes) is 1. The fourth-order valence-electron chi connectivity index (χ4n) is 3.84. The summed E-state index contributed by atoms with van der Waals surface area (Å²) in [5, 5.41) is 0. The molecule has 0 bridgehead atoms. The highest BCUT2D eigenvalue weighted by atomic mass is 32.2. The fourth-order valence-corrected chi connectivity index (χ4v) is 5.56. The Hall–Kier alpha value is -3.07. The maximum Gasteiger partial charge on any atom is 0.0926 e. The minimum atomic E-state index is -0.120. The lowest BCUT2D eigenvalue weighted by Gasteiger charge is -2.21. The van der Waals surface area contributed by atoms with Crippen LogP contribution in [0.5, 0.6) is 0 Å². The van der Waals surface area contributed by atoms with Gasteiger partial charge in [0.25, 0.3) is 0 Å². The lowest BCUT2D eigenvalue weighted by Crippen LogP contribution is -2.14. The molecule has 1 fully saturated rings. The molecule has 3 N–H and O–H groups in total. The minimum Gasteiger partial charge on any atom is -0.333 e. The molecule has 0 aliphatic carbocycles. The molecule has 3 heterocycles. The molecule has 1 aliphatic rings. The van der Waals surface area contributed by atoms with Crippen LogP contribution < -0.4 is 14.8 Å². The number of nitrogens with zero attached hydrogens (tertiary/aromatic N) is 3. The first-order valence-electron chi connectivity index (χ1n) is 15.1. The Kier molecular flexibility index (Phi) is 17.4. The van der Waals surface area contributed by atoms with E-state index >= 15 is 0 Å². The van der Waals surface area contributed by atoms with Gasteiger partial charge in [0.15, 0.2) is 0 Å². The number of allylic oxidation sites excluding steroid dienone is 2. The van der Waals surface area contributed by atoms with Crippen molar-refractivity contribution < 1.29 is 4.39 Å². The quantitative estimate of drug-likeness (QED) is 0.208. The molecule has 0 atom stereocenters. The van der Waals surface area contributed by atoms with Gasteiger partial charge in [-0.25, -0.2) is 9.37 Å². The Morgan fingerprint density at radius 2 is 1.72 bits per heavy atom. The van der Waals surface area contributed by atoms with E-state index in [9.17, 15) is 4.39 Å². The molecular weight excluding hydrogens is 574 g/mol. The molecule has 0 saturated carbocycles. The molecule has 43 heavy (non-hydrogen) atoms. The van der Waals surface area contributed by atoms with Crippen molar-refractivity contribution in [1.29, 1.82) is 0 Å². The van der Waals surface area contributed by atoms with Crippen LogP contribution >= 0.6 is 23.9 Å². The molecule has 5 nitrogen and oxygen atoms in total. The predicted octanol–water partition coefficient (Wildman–Crippen LogP) is 10.6. The number of aryl methyl sites for hydroxylation is 1. The van der Waals surface area contributed by atoms with Gasteiger partial charge < -0.3 is 14.8 Å². The predicted molar refractivity (Wildman–Crippen MR) is 191 cm³/mol. The molecule has 5 rings (SSSR count). The van der Waals surface area contributed by atoms with Crippen LogP contribution in [0.3, 0.4) is 0 Å². The number of nitrogens with two attached hydrogens (primary N) is 1. The molecule has 2 aromatic heterocycles. The Bertz CT molecular complexity index is 1360. The van der Waals surface area contributed by atoms with Crippen molar-refractivity contribution in [2.24, 2.45) is 5.73 Å². The topological polar surface area (TPSA) is 67.1 Å². The summed E-state index contributed by atoms with van der Waals surface area (Å²) in [5.41, 5.74) is 12.0. The van der Waals surface area contributed by atoms with Crippen molar-refractivity contribution in [1.82, 2.24) is 9.97 Å². The molecule has 0 radical (unpaired) electrons. The third-order valence-corrected chi connectivity index (χ3v) is 8.55. The number of hydrogen-bond donors (Lipinski definition) is 2. The smallest absolute Gasteiger partial charge is 0.0926 e. The lowest BCUT2D eigenvalue weighted by molar-refractivity contribution is 0.638. The summed E-state index contributed by atoms with van der Waals surface area (Å²) >= 11 is 3.60. The van der Waals surface area contributed by atoms with Crippen LogP contribution in [0.25, 0.3) is 22.3 Å². The summed E-state index contributed by atoms with van der Waals surface area (Å²) in [6, 6.07) is 23.3. The molecule has 0 amide bonds. The highest BCUT2D eigenvalue weighted by Gasteiger charge is 2.11. The highest BCUT2D eigenvalue weighted by Crippen LogP contribution is 2.31. The monoisotopic (exact) mass is 621 g/mol. The van der Waals surface area contributed by atoms with Gasteiger partial charge in [-0.15, -0.1) is 0 Å². The van der Waals surface area contributed by atoms with Gasteiger partial charge in [-0.3, -0.25) is 4.98 Å². The number of aromatic nitrogens is 2. The van der Waals surface area contributed by atoms with Crippen molar-refractivity contribution in [3.05, 3.63) is 90.4 Å². The molecule has 1 aliphatic heterocycles. The Morgan fingerprint density at radius 3 is 2.40 bits per heavy atom. The molecular formula is C35H48FN5S2. The standard InChI is InChI=1S/C26H26N4S2.C4H7F.C4H10.CH5N/c1-19-7-8-20(18-23(19)24-13-14-25-26(28-24)6-5-15-27-25)29-32-22-11-9-21(10-12-22)30-16-3-2-4-17-31-30;1-3-4(2)5;1-3-4-2;1-2/h5-15,18,29H,2-4,16-17H2,1H3;3H,1-2H3;3-4H2,1-2H3;2H2,1H3/b;4-3+;;. The first-order chi connectivity index (χ1) is 20.9. The van der Waals surface area contributed by atoms with Gasteiger partial charge in [0.1, 0.15) is 0 Å². The van der Waals surface area contributed by atoms with E-state index in [1.54, 1.807) is 25.1 Å². The molecule has 0 spiro atoms. The van der Waals surface area contributed by atoms with E-state index in [1.807, 2.05) is 36.2 Å². The number of benzene rings is 2. The Balaban J connectivity index is 0.000000510.